The van der Waals surface area contributed by atoms with Crippen molar-refractivity contribution in [3.8, 4) is 0 Å². The molecule has 2 unspecified atom stereocenters. The molecule has 1 aromatic heterocycles. The highest BCUT2D eigenvalue weighted by Gasteiger charge is 2.21. The monoisotopic (exact) mass is 254 g/mol. The molecule has 2 N–H and O–H groups in total. The van der Waals surface area contributed by atoms with Gasteiger partial charge in [-0.2, -0.15) is 0 Å². The second-order valence-corrected chi connectivity index (χ2v) is 5.59. The van der Waals surface area contributed by atoms with E-state index in [1.165, 1.54) is 4.88 Å². The summed E-state index contributed by atoms with van der Waals surface area (Å²) in [6.07, 6.45) is 1.68. The molecule has 0 spiro atoms. The van der Waals surface area contributed by atoms with Gasteiger partial charge in [-0.1, -0.05) is 13.0 Å². The molecule has 0 aliphatic heterocycles. The summed E-state index contributed by atoms with van der Waals surface area (Å²) in [6, 6.07) is 4.40. The van der Waals surface area contributed by atoms with Crippen LogP contribution in [0.2, 0.25) is 0 Å². The maximum absolute atomic E-state index is 12.1. The molecule has 1 rings (SSSR count). The zero-order valence-corrected chi connectivity index (χ0v) is 11.7. The highest BCUT2D eigenvalue weighted by molar-refractivity contribution is 7.09. The Morgan fingerprint density at radius 1 is 1.53 bits per heavy atom. The Bertz CT molecular complexity index is 337. The van der Waals surface area contributed by atoms with Crippen molar-refractivity contribution in [2.24, 2.45) is 11.7 Å². The van der Waals surface area contributed by atoms with Crippen molar-refractivity contribution in [2.45, 2.75) is 32.7 Å². The van der Waals surface area contributed by atoms with Gasteiger partial charge in [0.05, 0.1) is 0 Å². The van der Waals surface area contributed by atoms with Gasteiger partial charge in [0.25, 0.3) is 0 Å². The topological polar surface area (TPSA) is 46.3 Å². The second-order valence-electron chi connectivity index (χ2n) is 4.56. The minimum atomic E-state index is 0.0239. The van der Waals surface area contributed by atoms with Gasteiger partial charge < -0.3 is 10.6 Å². The van der Waals surface area contributed by atoms with Gasteiger partial charge in [0, 0.05) is 30.3 Å². The van der Waals surface area contributed by atoms with Gasteiger partial charge in [0.15, 0.2) is 0 Å². The largest absolute Gasteiger partial charge is 0.342 e. The number of carbonyl (C=O) groups excluding carboxylic acids is 1. The first kappa shape index (κ1) is 14.2. The van der Waals surface area contributed by atoms with E-state index in [2.05, 4.69) is 18.4 Å². The molecule has 0 saturated heterocycles. The molecule has 0 aliphatic carbocycles. The molecule has 0 fully saturated rings. The number of rotatable bonds is 6. The molecule has 1 aromatic rings. The van der Waals surface area contributed by atoms with Crippen LogP contribution in [0.15, 0.2) is 17.5 Å². The van der Waals surface area contributed by atoms with Crippen LogP contribution in [0.25, 0.3) is 0 Å². The number of carbonyl (C=O) groups is 1. The zero-order chi connectivity index (χ0) is 12.8. The number of thiophene rings is 1. The number of hydrogen-bond donors (Lipinski definition) is 1. The van der Waals surface area contributed by atoms with Crippen molar-refractivity contribution in [3.05, 3.63) is 22.4 Å². The van der Waals surface area contributed by atoms with Crippen LogP contribution in [0.1, 0.15) is 25.1 Å². The molecule has 2 atom stereocenters. The number of nitrogens with two attached hydrogens (primary N) is 1. The molecule has 1 heterocycles. The van der Waals surface area contributed by atoms with E-state index < -0.39 is 0 Å². The van der Waals surface area contributed by atoms with E-state index in [1.807, 2.05) is 24.9 Å². The Hall–Kier alpha value is -0.870. The molecule has 0 radical (unpaired) electrons. The molecular formula is C13H22N2OS. The van der Waals surface area contributed by atoms with Crippen molar-refractivity contribution >= 4 is 17.2 Å². The van der Waals surface area contributed by atoms with Crippen molar-refractivity contribution in [1.82, 2.24) is 4.90 Å². The number of amides is 1. The van der Waals surface area contributed by atoms with Crippen molar-refractivity contribution < 1.29 is 4.79 Å². The van der Waals surface area contributed by atoms with Crippen LogP contribution in [0.4, 0.5) is 0 Å². The van der Waals surface area contributed by atoms with E-state index in [1.54, 1.807) is 11.3 Å². The molecule has 0 saturated carbocycles. The molecule has 0 bridgehead atoms. The lowest BCUT2D eigenvalue weighted by atomic mass is 10.0. The number of likely N-dealkylation sites (N-methyl/N-ethyl adjacent to an activating group) is 1. The van der Waals surface area contributed by atoms with Gasteiger partial charge in [-0.05, 0) is 31.3 Å². The first-order valence-electron chi connectivity index (χ1n) is 6.05. The summed E-state index contributed by atoms with van der Waals surface area (Å²) in [7, 11) is 1.88. The van der Waals surface area contributed by atoms with E-state index in [0.717, 1.165) is 12.8 Å². The van der Waals surface area contributed by atoms with Gasteiger partial charge in [-0.3, -0.25) is 4.79 Å². The lowest BCUT2D eigenvalue weighted by Gasteiger charge is -2.27. The predicted molar refractivity (Wildman–Crippen MR) is 73.1 cm³/mol. The third kappa shape index (κ3) is 4.13. The Morgan fingerprint density at radius 3 is 2.76 bits per heavy atom. The summed E-state index contributed by atoms with van der Waals surface area (Å²) in [5, 5.41) is 2.07. The van der Waals surface area contributed by atoms with Gasteiger partial charge in [-0.25, -0.2) is 0 Å². The van der Waals surface area contributed by atoms with E-state index in [-0.39, 0.29) is 17.9 Å². The molecule has 4 heteroatoms. The fraction of sp³-hybridized carbons (Fsp3) is 0.615. The van der Waals surface area contributed by atoms with Gasteiger partial charge in [0.1, 0.15) is 0 Å². The Labute approximate surface area is 108 Å². The van der Waals surface area contributed by atoms with Crippen LogP contribution >= 0.6 is 11.3 Å². The van der Waals surface area contributed by atoms with Crippen molar-refractivity contribution in [3.63, 3.8) is 0 Å². The summed E-state index contributed by atoms with van der Waals surface area (Å²) in [5.41, 5.74) is 5.48. The van der Waals surface area contributed by atoms with Crippen LogP contribution < -0.4 is 5.73 Å². The standard InChI is InChI=1S/C13H22N2OS/c1-10(6-7-14)13(16)15(3)11(2)9-12-5-4-8-17-12/h4-5,8,10-11H,6-7,9,14H2,1-3H3. The fourth-order valence-electron chi connectivity index (χ4n) is 1.80. The Balaban J connectivity index is 2.51. The Morgan fingerprint density at radius 2 is 2.24 bits per heavy atom. The minimum Gasteiger partial charge on any atom is -0.342 e. The summed E-state index contributed by atoms with van der Waals surface area (Å²) >= 11 is 1.74. The van der Waals surface area contributed by atoms with Crippen LogP contribution in [0.3, 0.4) is 0 Å². The number of hydrogen-bond acceptors (Lipinski definition) is 3. The summed E-state index contributed by atoms with van der Waals surface area (Å²) in [5.74, 6) is 0.218. The smallest absolute Gasteiger partial charge is 0.225 e. The second kappa shape index (κ2) is 6.77. The van der Waals surface area contributed by atoms with Gasteiger partial charge in [-0.15, -0.1) is 11.3 Å². The van der Waals surface area contributed by atoms with Crippen LogP contribution in [0.5, 0.6) is 0 Å². The lowest BCUT2D eigenvalue weighted by molar-refractivity contribution is -0.135. The van der Waals surface area contributed by atoms with Crippen molar-refractivity contribution in [2.75, 3.05) is 13.6 Å². The summed E-state index contributed by atoms with van der Waals surface area (Å²) < 4.78 is 0. The van der Waals surface area contributed by atoms with E-state index in [4.69, 9.17) is 5.73 Å². The Kier molecular flexibility index (Phi) is 5.65. The molecule has 1 amide bonds. The maximum atomic E-state index is 12.1. The van der Waals surface area contributed by atoms with Crippen LogP contribution in [-0.2, 0) is 11.2 Å². The fourth-order valence-corrected chi connectivity index (χ4v) is 2.62. The molecule has 17 heavy (non-hydrogen) atoms. The average molecular weight is 254 g/mol. The molecule has 0 aromatic carbocycles. The van der Waals surface area contributed by atoms with E-state index >= 15 is 0 Å². The summed E-state index contributed by atoms with van der Waals surface area (Å²) in [4.78, 5) is 15.2. The highest BCUT2D eigenvalue weighted by Crippen LogP contribution is 2.15. The average Bonchev–Trinajstić information content (AvgIpc) is 2.80. The third-order valence-electron chi connectivity index (χ3n) is 3.11. The predicted octanol–water partition coefficient (Wildman–Crippen LogP) is 2.12. The minimum absolute atomic E-state index is 0.0239. The quantitative estimate of drug-likeness (QED) is 0.845. The van der Waals surface area contributed by atoms with E-state index in [0.29, 0.717) is 6.54 Å². The first-order chi connectivity index (χ1) is 8.06. The number of nitrogens with zero attached hydrogens (tertiary/aromatic N) is 1. The van der Waals surface area contributed by atoms with E-state index in [9.17, 15) is 4.79 Å². The molecule has 0 aliphatic rings. The third-order valence-corrected chi connectivity index (χ3v) is 4.01. The summed E-state index contributed by atoms with van der Waals surface area (Å²) in [6.45, 7) is 4.61. The van der Waals surface area contributed by atoms with Crippen molar-refractivity contribution in [1.29, 1.82) is 0 Å². The van der Waals surface area contributed by atoms with Crippen LogP contribution in [0, 0.1) is 5.92 Å². The normalized spacial score (nSPS) is 14.4. The first-order valence-corrected chi connectivity index (χ1v) is 6.93. The molecular weight excluding hydrogens is 232 g/mol. The molecule has 3 nitrogen and oxygen atoms in total. The lowest BCUT2D eigenvalue weighted by Crippen LogP contribution is -2.39. The highest BCUT2D eigenvalue weighted by atomic mass is 32.1. The van der Waals surface area contributed by atoms with Gasteiger partial charge >= 0.3 is 0 Å². The zero-order valence-electron chi connectivity index (χ0n) is 10.8. The maximum Gasteiger partial charge on any atom is 0.225 e. The molecule has 96 valence electrons. The van der Waals surface area contributed by atoms with Gasteiger partial charge in [0.2, 0.25) is 5.91 Å². The van der Waals surface area contributed by atoms with Crippen LogP contribution in [-0.4, -0.2) is 30.4 Å². The SMILES string of the molecule is CC(CCN)C(=O)N(C)C(C)Cc1cccs1.